The Balaban J connectivity index is 1.83. The molecule has 1 fully saturated rings. The third kappa shape index (κ3) is 4.85. The van der Waals surface area contributed by atoms with E-state index in [0.29, 0.717) is 12.0 Å². The van der Waals surface area contributed by atoms with Crippen molar-refractivity contribution in [1.82, 2.24) is 15.2 Å². The van der Waals surface area contributed by atoms with E-state index in [1.165, 1.54) is 5.56 Å². The minimum Gasteiger partial charge on any atom is -0.379 e. The van der Waals surface area contributed by atoms with E-state index >= 15 is 0 Å². The molecule has 4 heteroatoms. The van der Waals surface area contributed by atoms with E-state index in [1.54, 1.807) is 0 Å². The quantitative estimate of drug-likeness (QED) is 0.861. The van der Waals surface area contributed by atoms with E-state index in [9.17, 15) is 0 Å². The van der Waals surface area contributed by atoms with E-state index in [0.717, 1.165) is 45.1 Å². The summed E-state index contributed by atoms with van der Waals surface area (Å²) in [7, 11) is 0. The van der Waals surface area contributed by atoms with Crippen LogP contribution in [0.2, 0.25) is 0 Å². The predicted octanol–water partition coefficient (Wildman–Crippen LogP) is 1.84. The Labute approximate surface area is 122 Å². The third-order valence-electron chi connectivity index (χ3n) is 3.88. The standard InChI is InChI=1S/C16H27N3O/c1-13(2)16(12-19-6-8-20-9-7-19)18-11-15-5-4-14(3)10-17-15/h4-5,10,13,16,18H,6-9,11-12H2,1-3H3. The average Bonchev–Trinajstić information content (AvgIpc) is 2.46. The van der Waals surface area contributed by atoms with Crippen LogP contribution in [0.3, 0.4) is 0 Å². The van der Waals surface area contributed by atoms with Gasteiger partial charge in [-0.1, -0.05) is 19.9 Å². The van der Waals surface area contributed by atoms with Gasteiger partial charge in [-0.15, -0.1) is 0 Å². The second-order valence-electron chi connectivity index (χ2n) is 5.97. The summed E-state index contributed by atoms with van der Waals surface area (Å²) in [5.41, 5.74) is 2.32. The van der Waals surface area contributed by atoms with Crippen molar-refractivity contribution in [1.29, 1.82) is 0 Å². The van der Waals surface area contributed by atoms with Gasteiger partial charge in [0.15, 0.2) is 0 Å². The molecule has 0 bridgehead atoms. The Kier molecular flexibility index (Phi) is 5.95. The highest BCUT2D eigenvalue weighted by Gasteiger charge is 2.19. The predicted molar refractivity (Wildman–Crippen MR) is 81.7 cm³/mol. The lowest BCUT2D eigenvalue weighted by atomic mass is 10.0. The number of morpholine rings is 1. The molecule has 0 amide bonds. The second kappa shape index (κ2) is 7.72. The highest BCUT2D eigenvalue weighted by Crippen LogP contribution is 2.08. The minimum absolute atomic E-state index is 0.496. The maximum absolute atomic E-state index is 5.41. The van der Waals surface area contributed by atoms with Crippen molar-refractivity contribution >= 4 is 0 Å². The van der Waals surface area contributed by atoms with Crippen LogP contribution in [0.25, 0.3) is 0 Å². The molecular formula is C16H27N3O. The monoisotopic (exact) mass is 277 g/mol. The summed E-state index contributed by atoms with van der Waals surface area (Å²) < 4.78 is 5.41. The van der Waals surface area contributed by atoms with E-state index < -0.39 is 0 Å². The molecule has 0 radical (unpaired) electrons. The number of nitrogens with one attached hydrogen (secondary N) is 1. The Morgan fingerprint density at radius 3 is 2.65 bits per heavy atom. The number of hydrogen-bond acceptors (Lipinski definition) is 4. The van der Waals surface area contributed by atoms with Crippen LogP contribution in [-0.2, 0) is 11.3 Å². The summed E-state index contributed by atoms with van der Waals surface area (Å²) in [6.45, 7) is 12.4. The van der Waals surface area contributed by atoms with Crippen molar-refractivity contribution in [2.75, 3.05) is 32.8 Å². The number of nitrogens with zero attached hydrogens (tertiary/aromatic N) is 2. The lowest BCUT2D eigenvalue weighted by Gasteiger charge is -2.32. The van der Waals surface area contributed by atoms with E-state index in [1.807, 2.05) is 6.20 Å². The Bertz CT molecular complexity index is 385. The van der Waals surface area contributed by atoms with Gasteiger partial charge in [0.05, 0.1) is 18.9 Å². The van der Waals surface area contributed by atoms with E-state index in [-0.39, 0.29) is 0 Å². The molecule has 1 N–H and O–H groups in total. The smallest absolute Gasteiger partial charge is 0.0594 e. The molecular weight excluding hydrogens is 250 g/mol. The van der Waals surface area contributed by atoms with Gasteiger partial charge in [0, 0.05) is 38.4 Å². The fraction of sp³-hybridized carbons (Fsp3) is 0.688. The zero-order chi connectivity index (χ0) is 14.4. The van der Waals surface area contributed by atoms with Crippen molar-refractivity contribution in [3.05, 3.63) is 29.6 Å². The first-order valence-corrected chi connectivity index (χ1v) is 7.60. The molecule has 112 valence electrons. The number of aromatic nitrogens is 1. The van der Waals surface area contributed by atoms with Crippen molar-refractivity contribution in [2.45, 2.75) is 33.4 Å². The third-order valence-corrected chi connectivity index (χ3v) is 3.88. The molecule has 2 heterocycles. The SMILES string of the molecule is Cc1ccc(CNC(CN2CCOCC2)C(C)C)nc1. The lowest BCUT2D eigenvalue weighted by Crippen LogP contribution is -2.47. The minimum atomic E-state index is 0.496. The van der Waals surface area contributed by atoms with Crippen LogP contribution < -0.4 is 5.32 Å². The van der Waals surface area contributed by atoms with Crippen molar-refractivity contribution in [3.63, 3.8) is 0 Å². The van der Waals surface area contributed by atoms with Crippen LogP contribution in [0.4, 0.5) is 0 Å². The van der Waals surface area contributed by atoms with E-state index in [2.05, 4.69) is 48.1 Å². The van der Waals surface area contributed by atoms with Crippen molar-refractivity contribution in [2.24, 2.45) is 5.92 Å². The maximum atomic E-state index is 5.41. The topological polar surface area (TPSA) is 37.4 Å². The van der Waals surface area contributed by atoms with Gasteiger partial charge >= 0.3 is 0 Å². The first-order chi connectivity index (χ1) is 9.65. The summed E-state index contributed by atoms with van der Waals surface area (Å²) >= 11 is 0. The number of ether oxygens (including phenoxy) is 1. The van der Waals surface area contributed by atoms with E-state index in [4.69, 9.17) is 4.74 Å². The van der Waals surface area contributed by atoms with Crippen molar-refractivity contribution < 1.29 is 4.74 Å². The lowest BCUT2D eigenvalue weighted by molar-refractivity contribution is 0.0308. The van der Waals surface area contributed by atoms with Crippen LogP contribution in [0.5, 0.6) is 0 Å². The summed E-state index contributed by atoms with van der Waals surface area (Å²) in [5.74, 6) is 0.614. The van der Waals surface area contributed by atoms with Crippen LogP contribution >= 0.6 is 0 Å². The zero-order valence-corrected chi connectivity index (χ0v) is 12.9. The molecule has 4 nitrogen and oxygen atoms in total. The Hall–Kier alpha value is -0.970. The van der Waals surface area contributed by atoms with Crippen LogP contribution in [0.15, 0.2) is 18.3 Å². The highest BCUT2D eigenvalue weighted by molar-refractivity contribution is 5.12. The Morgan fingerprint density at radius 1 is 1.30 bits per heavy atom. The molecule has 1 atom stereocenters. The van der Waals surface area contributed by atoms with Gasteiger partial charge < -0.3 is 10.1 Å². The molecule has 20 heavy (non-hydrogen) atoms. The summed E-state index contributed by atoms with van der Waals surface area (Å²) in [4.78, 5) is 6.95. The molecule has 2 rings (SSSR count). The fourth-order valence-electron chi connectivity index (χ4n) is 2.41. The van der Waals surface area contributed by atoms with Gasteiger partial charge in [-0.05, 0) is 24.5 Å². The van der Waals surface area contributed by atoms with Gasteiger partial charge in [0.1, 0.15) is 0 Å². The number of hydrogen-bond donors (Lipinski definition) is 1. The largest absolute Gasteiger partial charge is 0.379 e. The molecule has 1 aliphatic heterocycles. The number of pyridine rings is 1. The Morgan fingerprint density at radius 2 is 2.05 bits per heavy atom. The van der Waals surface area contributed by atoms with Crippen LogP contribution in [0, 0.1) is 12.8 Å². The zero-order valence-electron chi connectivity index (χ0n) is 12.9. The fourth-order valence-corrected chi connectivity index (χ4v) is 2.41. The normalized spacial score (nSPS) is 18.4. The summed E-state index contributed by atoms with van der Waals surface area (Å²) in [6, 6.07) is 4.72. The molecule has 0 spiro atoms. The maximum Gasteiger partial charge on any atom is 0.0594 e. The first kappa shape index (κ1) is 15.4. The molecule has 0 aliphatic carbocycles. The summed E-state index contributed by atoms with van der Waals surface area (Å²) in [6.07, 6.45) is 1.93. The highest BCUT2D eigenvalue weighted by atomic mass is 16.5. The molecule has 1 saturated heterocycles. The average molecular weight is 277 g/mol. The molecule has 1 unspecified atom stereocenters. The second-order valence-corrected chi connectivity index (χ2v) is 5.97. The van der Waals surface area contributed by atoms with Gasteiger partial charge in [-0.2, -0.15) is 0 Å². The van der Waals surface area contributed by atoms with Gasteiger partial charge in [-0.3, -0.25) is 9.88 Å². The van der Waals surface area contributed by atoms with Crippen molar-refractivity contribution in [3.8, 4) is 0 Å². The van der Waals surface area contributed by atoms with Gasteiger partial charge in [-0.25, -0.2) is 0 Å². The molecule has 0 saturated carbocycles. The van der Waals surface area contributed by atoms with Crippen LogP contribution in [0.1, 0.15) is 25.1 Å². The molecule has 1 aromatic heterocycles. The molecule has 0 aromatic carbocycles. The first-order valence-electron chi connectivity index (χ1n) is 7.60. The van der Waals surface area contributed by atoms with Gasteiger partial charge in [0.25, 0.3) is 0 Å². The van der Waals surface area contributed by atoms with Crippen LogP contribution in [-0.4, -0.2) is 48.8 Å². The van der Waals surface area contributed by atoms with Gasteiger partial charge in [0.2, 0.25) is 0 Å². The number of aryl methyl sites for hydroxylation is 1. The number of rotatable bonds is 6. The molecule has 1 aromatic rings. The summed E-state index contributed by atoms with van der Waals surface area (Å²) in [5, 5.41) is 3.66. The molecule has 1 aliphatic rings.